The molecule has 0 spiro atoms. The van der Waals surface area contributed by atoms with Crippen LogP contribution in [0.25, 0.3) is 0 Å². The second-order valence-corrected chi connectivity index (χ2v) is 4.65. The second kappa shape index (κ2) is 5.66. The second-order valence-electron chi connectivity index (χ2n) is 4.65. The fourth-order valence-corrected chi connectivity index (χ4v) is 1.39. The highest BCUT2D eigenvalue weighted by Gasteiger charge is 2.31. The summed E-state index contributed by atoms with van der Waals surface area (Å²) in [6.45, 7) is 6.98. The van der Waals surface area contributed by atoms with Crippen LogP contribution >= 0.6 is 0 Å². The molecule has 0 unspecified atom stereocenters. The maximum Gasteiger partial charge on any atom is 0.104 e. The number of aliphatic hydroxyl groups is 3. The standard InChI is InChI=1S/C10H22O4/c1-7(13)9(10(2,3)4)14-8(5-11)6-12/h7-9,11-13H,5-6H2,1-4H3/t7-,9-/m1/s1. The molecule has 0 aromatic rings. The highest BCUT2D eigenvalue weighted by molar-refractivity contribution is 4.80. The van der Waals surface area contributed by atoms with Crippen molar-refractivity contribution in [1.29, 1.82) is 0 Å². The van der Waals surface area contributed by atoms with Crippen molar-refractivity contribution in [1.82, 2.24) is 0 Å². The predicted molar refractivity (Wildman–Crippen MR) is 54.0 cm³/mol. The third-order valence-electron chi connectivity index (χ3n) is 2.04. The Balaban J connectivity index is 4.37. The molecule has 0 saturated carbocycles. The molecule has 14 heavy (non-hydrogen) atoms. The summed E-state index contributed by atoms with van der Waals surface area (Å²) in [4.78, 5) is 0. The van der Waals surface area contributed by atoms with Crippen molar-refractivity contribution in [2.75, 3.05) is 13.2 Å². The van der Waals surface area contributed by atoms with Gasteiger partial charge in [0.1, 0.15) is 6.10 Å². The molecular weight excluding hydrogens is 184 g/mol. The van der Waals surface area contributed by atoms with E-state index >= 15 is 0 Å². The van der Waals surface area contributed by atoms with Crippen molar-refractivity contribution < 1.29 is 20.1 Å². The van der Waals surface area contributed by atoms with Gasteiger partial charge in [-0.3, -0.25) is 0 Å². The van der Waals surface area contributed by atoms with Crippen LogP contribution in [-0.4, -0.2) is 46.8 Å². The Kier molecular flexibility index (Phi) is 5.59. The zero-order valence-electron chi connectivity index (χ0n) is 9.40. The van der Waals surface area contributed by atoms with Gasteiger partial charge in [-0.15, -0.1) is 0 Å². The van der Waals surface area contributed by atoms with Gasteiger partial charge in [-0.05, 0) is 12.3 Å². The minimum absolute atomic E-state index is 0.225. The SMILES string of the molecule is C[C@@H](O)[C@@H](OC(CO)CO)C(C)(C)C. The van der Waals surface area contributed by atoms with Crippen LogP contribution in [0.3, 0.4) is 0 Å². The van der Waals surface area contributed by atoms with E-state index in [-0.39, 0.29) is 18.6 Å². The zero-order valence-corrected chi connectivity index (χ0v) is 9.40. The molecule has 4 nitrogen and oxygen atoms in total. The Labute approximate surface area is 85.5 Å². The first-order valence-electron chi connectivity index (χ1n) is 4.88. The minimum Gasteiger partial charge on any atom is -0.394 e. The van der Waals surface area contributed by atoms with Crippen molar-refractivity contribution in [3.05, 3.63) is 0 Å². The highest BCUT2D eigenvalue weighted by atomic mass is 16.5. The molecule has 4 heteroatoms. The van der Waals surface area contributed by atoms with Gasteiger partial charge in [0.2, 0.25) is 0 Å². The van der Waals surface area contributed by atoms with Gasteiger partial charge < -0.3 is 20.1 Å². The number of hydrogen-bond donors (Lipinski definition) is 3. The van der Waals surface area contributed by atoms with Gasteiger partial charge in [-0.2, -0.15) is 0 Å². The maximum atomic E-state index is 9.50. The van der Waals surface area contributed by atoms with Gasteiger partial charge in [-0.25, -0.2) is 0 Å². The van der Waals surface area contributed by atoms with E-state index in [0.29, 0.717) is 0 Å². The van der Waals surface area contributed by atoms with E-state index < -0.39 is 18.3 Å². The molecule has 86 valence electrons. The molecule has 0 aliphatic heterocycles. The average Bonchev–Trinajstić information content (AvgIpc) is 2.03. The topological polar surface area (TPSA) is 69.9 Å². The van der Waals surface area contributed by atoms with Crippen LogP contribution in [0.15, 0.2) is 0 Å². The van der Waals surface area contributed by atoms with E-state index in [9.17, 15) is 5.11 Å². The van der Waals surface area contributed by atoms with Gasteiger partial charge in [0.25, 0.3) is 0 Å². The number of rotatable bonds is 5. The van der Waals surface area contributed by atoms with Crippen molar-refractivity contribution >= 4 is 0 Å². The van der Waals surface area contributed by atoms with Crippen LogP contribution in [0, 0.1) is 5.41 Å². The average molecular weight is 206 g/mol. The van der Waals surface area contributed by atoms with Crippen LogP contribution in [0.2, 0.25) is 0 Å². The fraction of sp³-hybridized carbons (Fsp3) is 1.00. The van der Waals surface area contributed by atoms with Crippen molar-refractivity contribution in [2.24, 2.45) is 5.41 Å². The normalized spacial score (nSPS) is 17.1. The first-order chi connectivity index (χ1) is 6.32. The zero-order chi connectivity index (χ0) is 11.4. The van der Waals surface area contributed by atoms with E-state index in [1.165, 1.54) is 0 Å². The molecule has 0 amide bonds. The molecule has 0 rings (SSSR count). The summed E-state index contributed by atoms with van der Waals surface area (Å²) < 4.78 is 5.42. The van der Waals surface area contributed by atoms with Gasteiger partial charge in [0.05, 0.1) is 25.4 Å². The Bertz CT molecular complexity index is 147. The molecule has 2 atom stereocenters. The summed E-state index contributed by atoms with van der Waals surface area (Å²) >= 11 is 0. The van der Waals surface area contributed by atoms with Crippen molar-refractivity contribution in [2.45, 2.75) is 46.0 Å². The van der Waals surface area contributed by atoms with Crippen LogP contribution in [0.4, 0.5) is 0 Å². The lowest BCUT2D eigenvalue weighted by Gasteiger charge is -2.35. The van der Waals surface area contributed by atoms with Crippen LogP contribution in [0.5, 0.6) is 0 Å². The fourth-order valence-electron chi connectivity index (χ4n) is 1.39. The molecule has 0 saturated heterocycles. The predicted octanol–water partition coefficient (Wildman–Crippen LogP) is 0.152. The molecule has 0 aromatic carbocycles. The summed E-state index contributed by atoms with van der Waals surface area (Å²) in [5.41, 5.74) is -0.225. The van der Waals surface area contributed by atoms with Crippen molar-refractivity contribution in [3.8, 4) is 0 Å². The third-order valence-corrected chi connectivity index (χ3v) is 2.04. The van der Waals surface area contributed by atoms with Crippen LogP contribution in [-0.2, 0) is 4.74 Å². The van der Waals surface area contributed by atoms with E-state index in [4.69, 9.17) is 14.9 Å². The molecule has 0 heterocycles. The lowest BCUT2D eigenvalue weighted by Crippen LogP contribution is -2.43. The monoisotopic (exact) mass is 206 g/mol. The quantitative estimate of drug-likeness (QED) is 0.599. The summed E-state index contributed by atoms with van der Waals surface area (Å²) in [7, 11) is 0. The van der Waals surface area contributed by atoms with Crippen molar-refractivity contribution in [3.63, 3.8) is 0 Å². The Hall–Kier alpha value is -0.160. The Morgan fingerprint density at radius 2 is 1.57 bits per heavy atom. The molecule has 0 aliphatic rings. The Morgan fingerprint density at radius 3 is 1.79 bits per heavy atom. The van der Waals surface area contributed by atoms with E-state index in [1.54, 1.807) is 6.92 Å². The maximum absolute atomic E-state index is 9.50. The lowest BCUT2D eigenvalue weighted by atomic mass is 9.86. The molecule has 0 fully saturated rings. The molecule has 0 bridgehead atoms. The van der Waals surface area contributed by atoms with E-state index in [0.717, 1.165) is 0 Å². The van der Waals surface area contributed by atoms with Gasteiger partial charge in [-0.1, -0.05) is 20.8 Å². The number of hydrogen-bond acceptors (Lipinski definition) is 4. The van der Waals surface area contributed by atoms with Crippen LogP contribution in [0.1, 0.15) is 27.7 Å². The molecule has 0 radical (unpaired) electrons. The largest absolute Gasteiger partial charge is 0.394 e. The lowest BCUT2D eigenvalue weighted by molar-refractivity contribution is -0.140. The molecular formula is C10H22O4. The first kappa shape index (κ1) is 13.8. The Morgan fingerprint density at radius 1 is 1.14 bits per heavy atom. The van der Waals surface area contributed by atoms with Gasteiger partial charge in [0, 0.05) is 0 Å². The van der Waals surface area contributed by atoms with E-state index in [1.807, 2.05) is 20.8 Å². The summed E-state index contributed by atoms with van der Waals surface area (Å²) in [5, 5.41) is 27.2. The number of ether oxygens (including phenoxy) is 1. The molecule has 0 aliphatic carbocycles. The summed E-state index contributed by atoms with van der Waals surface area (Å²) in [6, 6.07) is 0. The van der Waals surface area contributed by atoms with Crippen LogP contribution < -0.4 is 0 Å². The molecule has 3 N–H and O–H groups in total. The first-order valence-corrected chi connectivity index (χ1v) is 4.88. The summed E-state index contributed by atoms with van der Waals surface area (Å²) in [6.07, 6.45) is -1.64. The highest BCUT2D eigenvalue weighted by Crippen LogP contribution is 2.26. The van der Waals surface area contributed by atoms with Gasteiger partial charge >= 0.3 is 0 Å². The molecule has 0 aromatic heterocycles. The van der Waals surface area contributed by atoms with Gasteiger partial charge in [0.15, 0.2) is 0 Å². The third kappa shape index (κ3) is 4.37. The minimum atomic E-state index is -0.629. The van der Waals surface area contributed by atoms with E-state index in [2.05, 4.69) is 0 Å². The smallest absolute Gasteiger partial charge is 0.104 e. The summed E-state index contributed by atoms with van der Waals surface area (Å²) in [5.74, 6) is 0. The number of aliphatic hydroxyl groups excluding tert-OH is 3.